The maximum Gasteiger partial charge on any atom is -0.000728 e. The Balaban J connectivity index is 1.70. The summed E-state index contributed by atoms with van der Waals surface area (Å²) in [6.07, 6.45) is 1.99. The van der Waals surface area contributed by atoms with Gasteiger partial charge >= 0.3 is 0 Å². The molecular weight excluding hydrogens is 336 g/mol. The van der Waals surface area contributed by atoms with E-state index in [2.05, 4.69) is 97.1 Å². The van der Waals surface area contributed by atoms with Gasteiger partial charge in [0.25, 0.3) is 0 Å². The van der Waals surface area contributed by atoms with Gasteiger partial charge in [0.05, 0.1) is 0 Å². The zero-order chi connectivity index (χ0) is 18.5. The zero-order valence-electron chi connectivity index (χ0n) is 15.7. The molecule has 0 heteroatoms. The first kappa shape index (κ1) is 15.7. The Hall–Kier alpha value is -3.38. The van der Waals surface area contributed by atoms with Crippen LogP contribution in [0.25, 0.3) is 32.7 Å². The Morgan fingerprint density at radius 2 is 1.39 bits per heavy atom. The summed E-state index contributed by atoms with van der Waals surface area (Å²) >= 11 is 0. The van der Waals surface area contributed by atoms with E-state index in [1.807, 2.05) is 0 Å². The first-order valence-electron chi connectivity index (χ1n) is 9.97. The minimum absolute atomic E-state index is 0.959. The summed E-state index contributed by atoms with van der Waals surface area (Å²) in [6, 6.07) is 35.6. The standard InChI is InChI=1S/C28H20/c1-2-8-19(9-3-1)16-22-18-26-23-12-6-5-11-21(23)17-27(26)25-15-14-20-10-4-7-13-24(20)28(22)25/h1-15,18H,16-17H2. The van der Waals surface area contributed by atoms with Crippen molar-refractivity contribution >= 4 is 21.5 Å². The highest BCUT2D eigenvalue weighted by molar-refractivity contribution is 6.12. The molecule has 0 atom stereocenters. The topological polar surface area (TPSA) is 0 Å². The van der Waals surface area contributed by atoms with Gasteiger partial charge in [-0.1, -0.05) is 91.0 Å². The molecule has 0 nitrogen and oxygen atoms in total. The largest absolute Gasteiger partial charge is 0.0622 e. The van der Waals surface area contributed by atoms with Crippen molar-refractivity contribution in [2.45, 2.75) is 12.8 Å². The van der Waals surface area contributed by atoms with Crippen molar-refractivity contribution < 1.29 is 0 Å². The third kappa shape index (κ3) is 2.31. The van der Waals surface area contributed by atoms with Gasteiger partial charge in [-0.05, 0) is 73.8 Å². The van der Waals surface area contributed by atoms with Crippen LogP contribution in [0.4, 0.5) is 0 Å². The SMILES string of the molecule is c1ccc(Cc2cc3c(c4ccc5ccccc5c24)Cc2ccccc2-3)cc1. The number of benzene rings is 5. The summed E-state index contributed by atoms with van der Waals surface area (Å²) in [6.45, 7) is 0. The van der Waals surface area contributed by atoms with Gasteiger partial charge in [-0.2, -0.15) is 0 Å². The second-order valence-corrected chi connectivity index (χ2v) is 7.77. The monoisotopic (exact) mass is 356 g/mol. The molecule has 132 valence electrons. The number of rotatable bonds is 2. The van der Waals surface area contributed by atoms with Crippen molar-refractivity contribution in [1.82, 2.24) is 0 Å². The fourth-order valence-corrected chi connectivity index (χ4v) is 4.86. The Bertz CT molecular complexity index is 1340. The summed E-state index contributed by atoms with van der Waals surface area (Å²) < 4.78 is 0. The van der Waals surface area contributed by atoms with E-state index in [9.17, 15) is 0 Å². The van der Waals surface area contributed by atoms with Gasteiger partial charge in [0.15, 0.2) is 0 Å². The van der Waals surface area contributed by atoms with E-state index in [0.29, 0.717) is 0 Å². The second-order valence-electron chi connectivity index (χ2n) is 7.77. The Labute approximate surface area is 165 Å². The Morgan fingerprint density at radius 3 is 2.32 bits per heavy atom. The van der Waals surface area contributed by atoms with Crippen molar-refractivity contribution in [2.24, 2.45) is 0 Å². The highest BCUT2D eigenvalue weighted by Crippen LogP contribution is 2.43. The maximum atomic E-state index is 2.46. The Kier molecular flexibility index (Phi) is 3.39. The van der Waals surface area contributed by atoms with Crippen LogP contribution in [-0.2, 0) is 12.8 Å². The summed E-state index contributed by atoms with van der Waals surface area (Å²) in [7, 11) is 0. The van der Waals surface area contributed by atoms with Crippen LogP contribution in [0.2, 0.25) is 0 Å². The molecule has 0 radical (unpaired) electrons. The summed E-state index contributed by atoms with van der Waals surface area (Å²) in [5, 5.41) is 5.52. The second kappa shape index (κ2) is 6.07. The first-order valence-corrected chi connectivity index (χ1v) is 9.97. The lowest BCUT2D eigenvalue weighted by Gasteiger charge is -2.15. The van der Waals surface area contributed by atoms with Gasteiger partial charge in [0.1, 0.15) is 0 Å². The lowest BCUT2D eigenvalue weighted by Crippen LogP contribution is -1.95. The van der Waals surface area contributed by atoms with Crippen LogP contribution in [0, 0.1) is 0 Å². The molecule has 1 aliphatic carbocycles. The lowest BCUT2D eigenvalue weighted by molar-refractivity contribution is 1.21. The normalized spacial score (nSPS) is 12.3. The summed E-state index contributed by atoms with van der Waals surface area (Å²) in [4.78, 5) is 0. The molecule has 0 amide bonds. The molecule has 6 rings (SSSR count). The van der Waals surface area contributed by atoms with Crippen molar-refractivity contribution in [3.63, 3.8) is 0 Å². The average molecular weight is 356 g/mol. The number of hydrogen-bond donors (Lipinski definition) is 0. The zero-order valence-corrected chi connectivity index (χ0v) is 15.7. The minimum Gasteiger partial charge on any atom is -0.0622 e. The minimum atomic E-state index is 0.959. The van der Waals surface area contributed by atoms with Gasteiger partial charge in [-0.25, -0.2) is 0 Å². The van der Waals surface area contributed by atoms with Crippen LogP contribution in [-0.4, -0.2) is 0 Å². The van der Waals surface area contributed by atoms with Crippen LogP contribution in [0.3, 0.4) is 0 Å². The van der Waals surface area contributed by atoms with Crippen molar-refractivity contribution in [1.29, 1.82) is 0 Å². The predicted molar refractivity (Wildman–Crippen MR) is 119 cm³/mol. The van der Waals surface area contributed by atoms with Crippen molar-refractivity contribution in [3.8, 4) is 11.1 Å². The molecule has 5 aromatic rings. The molecule has 0 N–H and O–H groups in total. The molecule has 0 bridgehead atoms. The van der Waals surface area contributed by atoms with Crippen LogP contribution < -0.4 is 0 Å². The fourth-order valence-electron chi connectivity index (χ4n) is 4.86. The van der Waals surface area contributed by atoms with Crippen molar-refractivity contribution in [2.75, 3.05) is 0 Å². The molecule has 0 aromatic heterocycles. The average Bonchev–Trinajstić information content (AvgIpc) is 3.13. The third-order valence-electron chi connectivity index (χ3n) is 6.13. The molecule has 0 heterocycles. The number of fused-ring (bicyclic) bond motifs is 7. The van der Waals surface area contributed by atoms with E-state index < -0.39 is 0 Å². The highest BCUT2D eigenvalue weighted by atomic mass is 14.3. The highest BCUT2D eigenvalue weighted by Gasteiger charge is 2.22. The fraction of sp³-hybridized carbons (Fsp3) is 0.0714. The van der Waals surface area contributed by atoms with E-state index in [-0.39, 0.29) is 0 Å². The molecule has 0 saturated carbocycles. The van der Waals surface area contributed by atoms with Gasteiger partial charge in [-0.3, -0.25) is 0 Å². The molecule has 28 heavy (non-hydrogen) atoms. The Morgan fingerprint density at radius 1 is 0.607 bits per heavy atom. The summed E-state index contributed by atoms with van der Waals surface area (Å²) in [5.41, 5.74) is 8.55. The van der Waals surface area contributed by atoms with Crippen LogP contribution in [0.15, 0.2) is 97.1 Å². The summed E-state index contributed by atoms with van der Waals surface area (Å²) in [5.74, 6) is 0. The van der Waals surface area contributed by atoms with Gasteiger partial charge in [-0.15, -0.1) is 0 Å². The first-order chi connectivity index (χ1) is 13.9. The van der Waals surface area contributed by atoms with E-state index in [0.717, 1.165) is 12.8 Å². The van der Waals surface area contributed by atoms with Crippen LogP contribution >= 0.6 is 0 Å². The molecule has 1 aliphatic rings. The van der Waals surface area contributed by atoms with Crippen LogP contribution in [0.5, 0.6) is 0 Å². The quantitative estimate of drug-likeness (QED) is 0.289. The lowest BCUT2D eigenvalue weighted by atomic mass is 9.89. The van der Waals surface area contributed by atoms with Gasteiger partial charge < -0.3 is 0 Å². The third-order valence-corrected chi connectivity index (χ3v) is 6.13. The van der Waals surface area contributed by atoms with E-state index in [1.54, 1.807) is 0 Å². The van der Waals surface area contributed by atoms with Crippen LogP contribution in [0.1, 0.15) is 22.3 Å². The molecular formula is C28H20. The van der Waals surface area contributed by atoms with Gasteiger partial charge in [0, 0.05) is 0 Å². The van der Waals surface area contributed by atoms with Crippen molar-refractivity contribution in [3.05, 3.63) is 119 Å². The van der Waals surface area contributed by atoms with Gasteiger partial charge in [0.2, 0.25) is 0 Å². The van der Waals surface area contributed by atoms with E-state index in [1.165, 1.54) is 54.9 Å². The molecule has 0 aliphatic heterocycles. The molecule has 0 unspecified atom stereocenters. The molecule has 0 saturated heterocycles. The predicted octanol–water partition coefficient (Wildman–Crippen LogP) is 7.16. The number of hydrogen-bond acceptors (Lipinski definition) is 0. The maximum absolute atomic E-state index is 2.46. The molecule has 0 spiro atoms. The molecule has 0 fully saturated rings. The smallest absolute Gasteiger partial charge is 0.000728 e. The van der Waals surface area contributed by atoms with E-state index in [4.69, 9.17) is 0 Å². The molecule has 5 aromatic carbocycles. The van der Waals surface area contributed by atoms with E-state index >= 15 is 0 Å².